The molecular weight excluding hydrogens is 324 g/mol. The molecule has 2 fully saturated rings. The summed E-state index contributed by atoms with van der Waals surface area (Å²) >= 11 is 0. The minimum atomic E-state index is -0.480. The molecule has 0 radical (unpaired) electrons. The Morgan fingerprint density at radius 1 is 1.32 bits per heavy atom. The van der Waals surface area contributed by atoms with Crippen LogP contribution in [-0.2, 0) is 14.2 Å². The molecule has 1 spiro atoms. The zero-order valence-corrected chi connectivity index (χ0v) is 14.9. The Kier molecular flexibility index (Phi) is 5.82. The van der Waals surface area contributed by atoms with Crippen LogP contribution in [-0.4, -0.2) is 73.1 Å². The molecule has 3 rings (SSSR count). The summed E-state index contributed by atoms with van der Waals surface area (Å²) in [4.78, 5) is 23.3. The molecule has 1 amide bonds. The molecule has 138 valence electrons. The predicted molar refractivity (Wildman–Crippen MR) is 91.5 cm³/mol. The number of aryl methyl sites for hydroxylation is 1. The minimum absolute atomic E-state index is 0.0710. The summed E-state index contributed by atoms with van der Waals surface area (Å²) in [7, 11) is 1.67. The average Bonchev–Trinajstić information content (AvgIpc) is 3.06. The molecule has 25 heavy (non-hydrogen) atoms. The normalized spacial score (nSPS) is 19.4. The van der Waals surface area contributed by atoms with E-state index in [4.69, 9.17) is 14.2 Å². The van der Waals surface area contributed by atoms with E-state index in [1.54, 1.807) is 13.2 Å². The number of nitrogens with one attached hydrogen (secondary N) is 1. The molecule has 0 unspecified atom stereocenters. The van der Waals surface area contributed by atoms with Gasteiger partial charge in [0.2, 0.25) is 5.95 Å². The Morgan fingerprint density at radius 2 is 2.04 bits per heavy atom. The number of ether oxygens (including phenoxy) is 3. The summed E-state index contributed by atoms with van der Waals surface area (Å²) in [6.45, 7) is 5.73. The van der Waals surface area contributed by atoms with Crippen molar-refractivity contribution in [1.82, 2.24) is 14.9 Å². The number of nitrogens with zero attached hydrogens (tertiary/aromatic N) is 3. The van der Waals surface area contributed by atoms with Crippen molar-refractivity contribution in [2.45, 2.75) is 32.0 Å². The molecule has 0 saturated carbocycles. The molecule has 1 aromatic heterocycles. The van der Waals surface area contributed by atoms with Gasteiger partial charge >= 0.3 is 0 Å². The van der Waals surface area contributed by atoms with Gasteiger partial charge in [0.25, 0.3) is 5.91 Å². The number of piperidine rings is 1. The van der Waals surface area contributed by atoms with Crippen LogP contribution in [0.4, 0.5) is 5.95 Å². The molecule has 8 nitrogen and oxygen atoms in total. The summed E-state index contributed by atoms with van der Waals surface area (Å²) in [5.41, 5.74) is 1.19. The highest BCUT2D eigenvalue weighted by atomic mass is 16.7. The van der Waals surface area contributed by atoms with Gasteiger partial charge in [-0.2, -0.15) is 0 Å². The van der Waals surface area contributed by atoms with Crippen LogP contribution in [0, 0.1) is 6.92 Å². The summed E-state index contributed by atoms with van der Waals surface area (Å²) in [5, 5.41) is 3.15. The monoisotopic (exact) mass is 350 g/mol. The minimum Gasteiger partial charge on any atom is -0.385 e. The van der Waals surface area contributed by atoms with E-state index in [0.29, 0.717) is 63.9 Å². The third-order valence-corrected chi connectivity index (χ3v) is 4.51. The number of likely N-dealkylation sites (tertiary alicyclic amines) is 1. The van der Waals surface area contributed by atoms with Crippen molar-refractivity contribution in [2.24, 2.45) is 0 Å². The standard InChI is InChI=1S/C17H26N4O4/c1-13-12-14(20-16(19-13)18-6-3-9-23-2)15(22)21-7-4-17(5-8-21)24-10-11-25-17/h12H,3-11H2,1-2H3,(H,18,19,20). The van der Waals surface area contributed by atoms with Crippen LogP contribution in [0.1, 0.15) is 35.4 Å². The van der Waals surface area contributed by atoms with Gasteiger partial charge in [-0.05, 0) is 19.4 Å². The largest absolute Gasteiger partial charge is 0.385 e. The predicted octanol–water partition coefficient (Wildman–Crippen LogP) is 1.21. The zero-order valence-electron chi connectivity index (χ0n) is 14.9. The maximum atomic E-state index is 12.8. The number of aromatic nitrogens is 2. The lowest BCUT2D eigenvalue weighted by Crippen LogP contribution is -2.47. The molecule has 2 aliphatic rings. The molecule has 0 atom stereocenters. The van der Waals surface area contributed by atoms with E-state index in [9.17, 15) is 4.79 Å². The van der Waals surface area contributed by atoms with Gasteiger partial charge in [0.15, 0.2) is 5.79 Å². The van der Waals surface area contributed by atoms with Gasteiger partial charge in [0.1, 0.15) is 5.69 Å². The maximum absolute atomic E-state index is 12.8. The van der Waals surface area contributed by atoms with Crippen LogP contribution >= 0.6 is 0 Å². The molecule has 2 aliphatic heterocycles. The Balaban J connectivity index is 1.60. The van der Waals surface area contributed by atoms with E-state index in [0.717, 1.165) is 12.1 Å². The van der Waals surface area contributed by atoms with E-state index in [2.05, 4.69) is 15.3 Å². The van der Waals surface area contributed by atoms with Crippen molar-refractivity contribution in [3.05, 3.63) is 17.5 Å². The quantitative estimate of drug-likeness (QED) is 0.772. The van der Waals surface area contributed by atoms with Crippen molar-refractivity contribution in [2.75, 3.05) is 51.9 Å². The average molecular weight is 350 g/mol. The van der Waals surface area contributed by atoms with Crippen LogP contribution < -0.4 is 5.32 Å². The van der Waals surface area contributed by atoms with Crippen LogP contribution in [0.5, 0.6) is 0 Å². The number of hydrogen-bond acceptors (Lipinski definition) is 7. The lowest BCUT2D eigenvalue weighted by Gasteiger charge is -2.37. The molecule has 0 bridgehead atoms. The summed E-state index contributed by atoms with van der Waals surface area (Å²) in [6.07, 6.45) is 2.25. The van der Waals surface area contributed by atoms with Crippen LogP contribution in [0.15, 0.2) is 6.07 Å². The number of hydrogen-bond donors (Lipinski definition) is 1. The number of methoxy groups -OCH3 is 1. The molecule has 3 heterocycles. The van der Waals surface area contributed by atoms with Gasteiger partial charge in [-0.1, -0.05) is 0 Å². The third kappa shape index (κ3) is 4.45. The van der Waals surface area contributed by atoms with Gasteiger partial charge < -0.3 is 24.4 Å². The molecule has 1 N–H and O–H groups in total. The highest BCUT2D eigenvalue weighted by Gasteiger charge is 2.41. The van der Waals surface area contributed by atoms with Crippen molar-refractivity contribution in [3.63, 3.8) is 0 Å². The van der Waals surface area contributed by atoms with E-state index < -0.39 is 5.79 Å². The molecule has 2 saturated heterocycles. The fourth-order valence-electron chi connectivity index (χ4n) is 3.17. The number of amides is 1. The number of rotatable bonds is 6. The summed E-state index contributed by atoms with van der Waals surface area (Å²) in [6, 6.07) is 1.73. The van der Waals surface area contributed by atoms with Gasteiger partial charge in [-0.3, -0.25) is 4.79 Å². The first kappa shape index (κ1) is 18.0. The smallest absolute Gasteiger partial charge is 0.272 e. The Morgan fingerprint density at radius 3 is 2.72 bits per heavy atom. The van der Waals surface area contributed by atoms with Crippen molar-refractivity contribution in [1.29, 1.82) is 0 Å². The SMILES string of the molecule is COCCCNc1nc(C)cc(C(=O)N2CCC3(CC2)OCCO3)n1. The topological polar surface area (TPSA) is 85.8 Å². The molecule has 1 aromatic rings. The highest BCUT2D eigenvalue weighted by Crippen LogP contribution is 2.31. The van der Waals surface area contributed by atoms with E-state index in [1.807, 2.05) is 11.8 Å². The van der Waals surface area contributed by atoms with Gasteiger partial charge in [0, 0.05) is 51.9 Å². The Bertz CT molecular complexity index is 594. The summed E-state index contributed by atoms with van der Waals surface area (Å²) in [5.74, 6) is -0.0689. The van der Waals surface area contributed by atoms with Crippen molar-refractivity contribution >= 4 is 11.9 Å². The maximum Gasteiger partial charge on any atom is 0.272 e. The second kappa shape index (κ2) is 8.07. The van der Waals surface area contributed by atoms with E-state index in [-0.39, 0.29) is 5.91 Å². The number of anilines is 1. The van der Waals surface area contributed by atoms with Gasteiger partial charge in [-0.15, -0.1) is 0 Å². The lowest BCUT2D eigenvalue weighted by atomic mass is 10.0. The first-order chi connectivity index (χ1) is 12.1. The first-order valence-corrected chi connectivity index (χ1v) is 8.78. The fourth-order valence-corrected chi connectivity index (χ4v) is 3.17. The van der Waals surface area contributed by atoms with Gasteiger partial charge in [-0.25, -0.2) is 9.97 Å². The number of carbonyl (C=O) groups is 1. The Hall–Kier alpha value is -1.77. The van der Waals surface area contributed by atoms with Crippen LogP contribution in [0.2, 0.25) is 0 Å². The highest BCUT2D eigenvalue weighted by molar-refractivity contribution is 5.92. The molecule has 8 heteroatoms. The van der Waals surface area contributed by atoms with Crippen molar-refractivity contribution in [3.8, 4) is 0 Å². The van der Waals surface area contributed by atoms with Gasteiger partial charge in [0.05, 0.1) is 13.2 Å². The van der Waals surface area contributed by atoms with E-state index >= 15 is 0 Å². The van der Waals surface area contributed by atoms with Crippen LogP contribution in [0.3, 0.4) is 0 Å². The molecular formula is C17H26N4O4. The lowest BCUT2D eigenvalue weighted by molar-refractivity contribution is -0.181. The first-order valence-electron chi connectivity index (χ1n) is 8.78. The summed E-state index contributed by atoms with van der Waals surface area (Å²) < 4.78 is 16.4. The second-order valence-electron chi connectivity index (χ2n) is 6.39. The zero-order chi connectivity index (χ0) is 17.7. The fraction of sp³-hybridized carbons (Fsp3) is 0.706. The Labute approximate surface area is 147 Å². The van der Waals surface area contributed by atoms with Crippen LogP contribution in [0.25, 0.3) is 0 Å². The van der Waals surface area contributed by atoms with Crippen molar-refractivity contribution < 1.29 is 19.0 Å². The third-order valence-electron chi connectivity index (χ3n) is 4.51. The molecule has 0 aliphatic carbocycles. The van der Waals surface area contributed by atoms with E-state index in [1.165, 1.54) is 0 Å². The molecule has 0 aromatic carbocycles. The second-order valence-corrected chi connectivity index (χ2v) is 6.39. The number of carbonyl (C=O) groups excluding carboxylic acids is 1.